The smallest absolute Gasteiger partial charge is 0.400 e. The lowest BCUT2D eigenvalue weighted by molar-refractivity contribution is -0.194. The first-order valence-corrected chi connectivity index (χ1v) is 4.20. The Bertz CT molecular complexity index is 468. The molecular weight excluding hydrogens is 271 g/mol. The largest absolute Gasteiger partial charge is 0.420 e. The fourth-order valence-corrected chi connectivity index (χ4v) is 1.46. The Morgan fingerprint density at radius 2 is 1.61 bits per heavy atom. The molecule has 0 radical (unpaired) electrons. The number of allylic oxidation sites excluding steroid dienone is 2. The summed E-state index contributed by atoms with van der Waals surface area (Å²) in [6, 6.07) is 0.878. The van der Waals surface area contributed by atoms with Crippen molar-refractivity contribution in [2.45, 2.75) is 18.0 Å². The second kappa shape index (κ2) is 3.60. The molecule has 3 nitrogen and oxygen atoms in total. The zero-order chi connectivity index (χ0) is 14.5. The van der Waals surface area contributed by atoms with E-state index < -0.39 is 40.9 Å². The van der Waals surface area contributed by atoms with Gasteiger partial charge in [0.2, 0.25) is 0 Å². The standard InChI is InChI=1S/C8H4F7N3/c9-6(10)4(8(13,14)15)3(17)2(1-16)5(18)7(6,11)12/h2,18H,17H2. The van der Waals surface area contributed by atoms with Crippen LogP contribution in [0.1, 0.15) is 0 Å². The number of hydrogen-bond acceptors (Lipinski definition) is 3. The summed E-state index contributed by atoms with van der Waals surface area (Å²) in [4.78, 5) is 0. The average Bonchev–Trinajstić information content (AvgIpc) is 2.13. The number of hydrogen-bond donors (Lipinski definition) is 2. The van der Waals surface area contributed by atoms with Crippen LogP contribution in [0.5, 0.6) is 0 Å². The van der Waals surface area contributed by atoms with Crippen molar-refractivity contribution in [3.05, 3.63) is 11.3 Å². The van der Waals surface area contributed by atoms with E-state index in [9.17, 15) is 30.7 Å². The van der Waals surface area contributed by atoms with Crippen molar-refractivity contribution < 1.29 is 30.7 Å². The highest BCUT2D eigenvalue weighted by Crippen LogP contribution is 2.52. The Labute approximate surface area is 95.2 Å². The molecule has 0 aliphatic heterocycles. The van der Waals surface area contributed by atoms with Gasteiger partial charge in [-0.25, -0.2) is 0 Å². The lowest BCUT2D eigenvalue weighted by atomic mass is 9.80. The third-order valence-electron chi connectivity index (χ3n) is 2.35. The molecule has 1 rings (SSSR count). The van der Waals surface area contributed by atoms with Crippen LogP contribution in [-0.4, -0.2) is 23.7 Å². The summed E-state index contributed by atoms with van der Waals surface area (Å²) in [7, 11) is 0. The summed E-state index contributed by atoms with van der Waals surface area (Å²) in [5.74, 6) is -13.6. The maximum atomic E-state index is 13.1. The normalized spacial score (nSPS) is 27.0. The average molecular weight is 275 g/mol. The summed E-state index contributed by atoms with van der Waals surface area (Å²) >= 11 is 0. The van der Waals surface area contributed by atoms with E-state index in [1.165, 1.54) is 0 Å². The summed E-state index contributed by atoms with van der Waals surface area (Å²) in [5, 5.41) is 15.1. The molecule has 0 spiro atoms. The van der Waals surface area contributed by atoms with Gasteiger partial charge in [0.25, 0.3) is 0 Å². The number of nitrogens with zero attached hydrogens (tertiary/aromatic N) is 1. The van der Waals surface area contributed by atoms with Crippen molar-refractivity contribution >= 4 is 5.71 Å². The third-order valence-corrected chi connectivity index (χ3v) is 2.35. The minimum Gasteiger partial charge on any atom is -0.400 e. The van der Waals surface area contributed by atoms with Crippen molar-refractivity contribution in [2.24, 2.45) is 11.7 Å². The monoisotopic (exact) mass is 275 g/mol. The molecular formula is C8H4F7N3. The van der Waals surface area contributed by atoms with Crippen molar-refractivity contribution in [1.82, 2.24) is 0 Å². The zero-order valence-electron chi connectivity index (χ0n) is 8.25. The number of rotatable bonds is 0. The first kappa shape index (κ1) is 14.3. The van der Waals surface area contributed by atoms with Crippen LogP contribution in [0.25, 0.3) is 0 Å². The van der Waals surface area contributed by atoms with Crippen LogP contribution in [0.4, 0.5) is 30.7 Å². The van der Waals surface area contributed by atoms with E-state index >= 15 is 0 Å². The molecule has 0 saturated carbocycles. The lowest BCUT2D eigenvalue weighted by Crippen LogP contribution is -2.58. The van der Waals surface area contributed by atoms with E-state index in [2.05, 4.69) is 5.73 Å². The van der Waals surface area contributed by atoms with Gasteiger partial charge in [0.05, 0.1) is 6.07 Å². The second-order valence-electron chi connectivity index (χ2n) is 3.45. The molecule has 0 amide bonds. The van der Waals surface area contributed by atoms with Gasteiger partial charge in [0.15, 0.2) is 0 Å². The number of halogens is 7. The molecule has 18 heavy (non-hydrogen) atoms. The fourth-order valence-electron chi connectivity index (χ4n) is 1.46. The molecule has 0 fully saturated rings. The molecule has 0 heterocycles. The SMILES string of the molecule is N#CC1C(=N)C(F)(F)C(F)(F)C(C(F)(F)F)=C1N. The van der Waals surface area contributed by atoms with E-state index in [-0.39, 0.29) is 0 Å². The predicted octanol–water partition coefficient (Wildman–Crippen LogP) is 2.21. The van der Waals surface area contributed by atoms with Crippen LogP contribution in [0.15, 0.2) is 11.3 Å². The number of nitrogens with two attached hydrogens (primary N) is 1. The van der Waals surface area contributed by atoms with Gasteiger partial charge < -0.3 is 11.1 Å². The van der Waals surface area contributed by atoms with Crippen molar-refractivity contribution in [3.63, 3.8) is 0 Å². The van der Waals surface area contributed by atoms with Crippen molar-refractivity contribution in [1.29, 1.82) is 10.7 Å². The molecule has 1 aliphatic rings. The zero-order valence-corrected chi connectivity index (χ0v) is 8.25. The molecule has 1 aliphatic carbocycles. The highest BCUT2D eigenvalue weighted by atomic mass is 19.4. The Morgan fingerprint density at radius 1 is 1.17 bits per heavy atom. The Morgan fingerprint density at radius 3 is 1.94 bits per heavy atom. The van der Waals surface area contributed by atoms with E-state index in [1.54, 1.807) is 0 Å². The van der Waals surface area contributed by atoms with Crippen molar-refractivity contribution in [2.75, 3.05) is 0 Å². The third kappa shape index (κ3) is 1.61. The van der Waals surface area contributed by atoms with Gasteiger partial charge in [-0.2, -0.15) is 36.0 Å². The minimum atomic E-state index is -5.83. The summed E-state index contributed by atoms with van der Waals surface area (Å²) in [6.45, 7) is 0. The maximum Gasteiger partial charge on any atom is 0.420 e. The highest BCUT2D eigenvalue weighted by molar-refractivity contribution is 5.97. The molecule has 3 N–H and O–H groups in total. The summed E-state index contributed by atoms with van der Waals surface area (Å²) in [6.07, 6.45) is -5.83. The van der Waals surface area contributed by atoms with Gasteiger partial charge in [-0.1, -0.05) is 0 Å². The van der Waals surface area contributed by atoms with Crippen LogP contribution in [0, 0.1) is 22.7 Å². The van der Waals surface area contributed by atoms with Crippen LogP contribution in [0.3, 0.4) is 0 Å². The first-order chi connectivity index (χ1) is 7.89. The van der Waals surface area contributed by atoms with E-state index in [4.69, 9.17) is 10.7 Å². The summed E-state index contributed by atoms with van der Waals surface area (Å²) in [5.41, 5.74) is -2.20. The van der Waals surface area contributed by atoms with Gasteiger partial charge in [0, 0.05) is 5.70 Å². The molecule has 0 aromatic carbocycles. The topological polar surface area (TPSA) is 73.7 Å². The molecule has 0 aromatic rings. The highest BCUT2D eigenvalue weighted by Gasteiger charge is 2.72. The van der Waals surface area contributed by atoms with E-state index in [1.807, 2.05) is 0 Å². The van der Waals surface area contributed by atoms with Gasteiger partial charge >= 0.3 is 18.0 Å². The molecule has 0 aromatic heterocycles. The minimum absolute atomic E-state index is 0.878. The Hall–Kier alpha value is -1.79. The quantitative estimate of drug-likeness (QED) is 0.665. The first-order valence-electron chi connectivity index (χ1n) is 4.20. The van der Waals surface area contributed by atoms with Crippen molar-refractivity contribution in [3.8, 4) is 6.07 Å². The van der Waals surface area contributed by atoms with Crippen LogP contribution >= 0.6 is 0 Å². The summed E-state index contributed by atoms with van der Waals surface area (Å²) < 4.78 is 89.3. The lowest BCUT2D eigenvalue weighted by Gasteiger charge is -2.36. The Kier molecular flexibility index (Phi) is 2.85. The maximum absolute atomic E-state index is 13.1. The molecule has 1 atom stereocenters. The molecule has 100 valence electrons. The van der Waals surface area contributed by atoms with Gasteiger partial charge in [-0.05, 0) is 0 Å². The second-order valence-corrected chi connectivity index (χ2v) is 3.45. The van der Waals surface area contributed by atoms with Crippen LogP contribution < -0.4 is 5.73 Å². The van der Waals surface area contributed by atoms with E-state index in [0.717, 1.165) is 6.07 Å². The predicted molar refractivity (Wildman–Crippen MR) is 44.0 cm³/mol. The van der Waals surface area contributed by atoms with Crippen LogP contribution in [0.2, 0.25) is 0 Å². The fraction of sp³-hybridized carbons (Fsp3) is 0.500. The Balaban J connectivity index is 3.68. The molecule has 0 bridgehead atoms. The number of alkyl halides is 7. The molecule has 10 heteroatoms. The van der Waals surface area contributed by atoms with Crippen LogP contribution in [-0.2, 0) is 0 Å². The molecule has 0 saturated heterocycles. The number of nitriles is 1. The molecule has 1 unspecified atom stereocenters. The van der Waals surface area contributed by atoms with Gasteiger partial charge in [-0.3, -0.25) is 0 Å². The van der Waals surface area contributed by atoms with E-state index in [0.29, 0.717) is 0 Å². The number of nitrogens with one attached hydrogen (secondary N) is 1. The van der Waals surface area contributed by atoms with Gasteiger partial charge in [-0.15, -0.1) is 0 Å². The van der Waals surface area contributed by atoms with Gasteiger partial charge in [0.1, 0.15) is 17.2 Å².